The highest BCUT2D eigenvalue weighted by Crippen LogP contribution is 2.47. The van der Waals surface area contributed by atoms with Crippen molar-refractivity contribution in [2.75, 3.05) is 13.1 Å². The van der Waals surface area contributed by atoms with E-state index < -0.39 is 12.0 Å². The van der Waals surface area contributed by atoms with Gasteiger partial charge in [-0.25, -0.2) is 9.97 Å². The molecule has 3 aliphatic rings. The van der Waals surface area contributed by atoms with Crippen LogP contribution in [-0.2, 0) is 24.6 Å². The number of nitrogens with zero attached hydrogens (tertiary/aromatic N) is 3. The van der Waals surface area contributed by atoms with Crippen LogP contribution >= 0.6 is 11.6 Å². The van der Waals surface area contributed by atoms with Crippen LogP contribution in [0.1, 0.15) is 79.7 Å². The Bertz CT molecular complexity index is 1040. The number of benzene rings is 1. The van der Waals surface area contributed by atoms with E-state index >= 15 is 0 Å². The van der Waals surface area contributed by atoms with Gasteiger partial charge in [0.05, 0.1) is 11.4 Å². The third-order valence-electron chi connectivity index (χ3n) is 8.19. The summed E-state index contributed by atoms with van der Waals surface area (Å²) in [4.78, 5) is 10.3. The molecule has 5 rings (SSSR count). The molecule has 0 atom stereocenters. The van der Waals surface area contributed by atoms with E-state index in [9.17, 15) is 13.2 Å². The maximum absolute atomic E-state index is 13.5. The summed E-state index contributed by atoms with van der Waals surface area (Å²) in [6.45, 7) is 4.07. The first-order valence-electron chi connectivity index (χ1n) is 11.8. The van der Waals surface area contributed by atoms with Crippen LogP contribution in [0, 0.1) is 0 Å². The molecule has 2 aliphatic carbocycles. The summed E-state index contributed by atoms with van der Waals surface area (Å²) < 4.78 is 40.5. The summed E-state index contributed by atoms with van der Waals surface area (Å²) in [6.07, 6.45) is 1.75. The van der Waals surface area contributed by atoms with Crippen LogP contribution in [0.3, 0.4) is 0 Å². The summed E-state index contributed by atoms with van der Waals surface area (Å²) in [5, 5.41) is 0.716. The molecule has 1 aliphatic heterocycles. The third kappa shape index (κ3) is 4.28. The number of fused-ring (bicyclic) bond motifs is 1. The summed E-state index contributed by atoms with van der Waals surface area (Å²) in [5.74, 6) is -0.815. The van der Waals surface area contributed by atoms with E-state index in [2.05, 4.69) is 27.9 Å². The molecule has 0 bridgehead atoms. The van der Waals surface area contributed by atoms with Gasteiger partial charge in [0.15, 0.2) is 0 Å². The molecule has 0 amide bonds. The number of alkyl halides is 3. The summed E-state index contributed by atoms with van der Waals surface area (Å²) >= 11 is 6.25. The molecule has 33 heavy (non-hydrogen) atoms. The van der Waals surface area contributed by atoms with E-state index in [1.807, 2.05) is 18.2 Å². The molecule has 0 spiro atoms. The van der Waals surface area contributed by atoms with Gasteiger partial charge in [-0.1, -0.05) is 23.7 Å². The Morgan fingerprint density at radius 1 is 1.15 bits per heavy atom. The molecule has 2 saturated carbocycles. The lowest BCUT2D eigenvalue weighted by Gasteiger charge is -2.51. The Hall–Kier alpha value is -1.70. The van der Waals surface area contributed by atoms with E-state index in [1.165, 1.54) is 5.56 Å². The van der Waals surface area contributed by atoms with Crippen LogP contribution in [0.5, 0.6) is 0 Å². The molecule has 178 valence electrons. The molecule has 2 heterocycles. The van der Waals surface area contributed by atoms with Crippen LogP contribution in [-0.4, -0.2) is 33.5 Å². The van der Waals surface area contributed by atoms with Crippen LogP contribution in [0.15, 0.2) is 24.3 Å². The number of rotatable bonds is 4. The van der Waals surface area contributed by atoms with Crippen molar-refractivity contribution in [1.82, 2.24) is 14.9 Å². The lowest BCUT2D eigenvalue weighted by atomic mass is 9.64. The SMILES string of the molecule is CC1(N2CCc3c(nc(C(F)(F)F)nc3C3CC3)C2)CCC(CN)(c2cccc(Cl)c2)CC1. The highest BCUT2D eigenvalue weighted by Gasteiger charge is 2.46. The van der Waals surface area contributed by atoms with Crippen molar-refractivity contribution in [3.05, 3.63) is 57.6 Å². The molecule has 8 heteroatoms. The first-order chi connectivity index (χ1) is 15.6. The maximum atomic E-state index is 13.5. The molecular weight excluding hydrogens is 449 g/mol. The lowest BCUT2D eigenvalue weighted by molar-refractivity contribution is -0.145. The van der Waals surface area contributed by atoms with Gasteiger partial charge in [-0.2, -0.15) is 13.2 Å². The molecular formula is C25H30ClF3N4. The minimum Gasteiger partial charge on any atom is -0.330 e. The van der Waals surface area contributed by atoms with Crippen LogP contribution in [0.4, 0.5) is 13.2 Å². The number of aromatic nitrogens is 2. The second-order valence-electron chi connectivity index (χ2n) is 10.3. The topological polar surface area (TPSA) is 55.0 Å². The van der Waals surface area contributed by atoms with Gasteiger partial charge in [0.2, 0.25) is 5.82 Å². The first kappa shape index (κ1) is 23.1. The number of hydrogen-bond donors (Lipinski definition) is 1. The molecule has 2 aromatic rings. The largest absolute Gasteiger partial charge is 0.451 e. The fourth-order valence-electron chi connectivity index (χ4n) is 5.75. The van der Waals surface area contributed by atoms with Crippen LogP contribution in [0.25, 0.3) is 0 Å². The van der Waals surface area contributed by atoms with Crippen molar-refractivity contribution in [2.24, 2.45) is 5.73 Å². The summed E-state index contributed by atoms with van der Waals surface area (Å²) in [7, 11) is 0. The van der Waals surface area contributed by atoms with Crippen molar-refractivity contribution in [3.63, 3.8) is 0 Å². The van der Waals surface area contributed by atoms with Gasteiger partial charge >= 0.3 is 6.18 Å². The minimum absolute atomic E-state index is 0.0992. The molecule has 2 fully saturated rings. The van der Waals surface area contributed by atoms with Gasteiger partial charge in [-0.15, -0.1) is 0 Å². The Balaban J connectivity index is 1.38. The zero-order valence-corrected chi connectivity index (χ0v) is 19.6. The normalized spacial score (nSPS) is 28.5. The van der Waals surface area contributed by atoms with Gasteiger partial charge in [0.25, 0.3) is 0 Å². The molecule has 1 aromatic carbocycles. The highest BCUT2D eigenvalue weighted by atomic mass is 35.5. The molecule has 2 N–H and O–H groups in total. The van der Waals surface area contributed by atoms with Crippen molar-refractivity contribution < 1.29 is 13.2 Å². The van der Waals surface area contributed by atoms with E-state index in [4.69, 9.17) is 17.3 Å². The lowest BCUT2D eigenvalue weighted by Crippen LogP contribution is -2.54. The van der Waals surface area contributed by atoms with E-state index in [-0.39, 0.29) is 16.9 Å². The van der Waals surface area contributed by atoms with E-state index in [0.29, 0.717) is 35.9 Å². The Morgan fingerprint density at radius 2 is 1.88 bits per heavy atom. The standard InChI is InChI=1S/C25H30ClF3N4/c1-23(8-10-24(15-30,11-9-23)17-3-2-4-18(26)13-17)33-12-7-19-20(14-33)31-22(25(27,28)29)32-21(19)16-5-6-16/h2-4,13,16H,5-12,14-15,30H2,1H3. The van der Waals surface area contributed by atoms with Crippen molar-refractivity contribution in [1.29, 1.82) is 0 Å². The second kappa shape index (κ2) is 8.21. The number of halogens is 4. The summed E-state index contributed by atoms with van der Waals surface area (Å²) in [5.41, 5.74) is 9.42. The Kier molecular flexibility index (Phi) is 5.73. The predicted octanol–water partition coefficient (Wildman–Crippen LogP) is 5.61. The quantitative estimate of drug-likeness (QED) is 0.620. The van der Waals surface area contributed by atoms with Crippen molar-refractivity contribution >= 4 is 11.6 Å². The molecule has 0 unspecified atom stereocenters. The summed E-state index contributed by atoms with van der Waals surface area (Å²) in [6, 6.07) is 7.97. The fourth-order valence-corrected chi connectivity index (χ4v) is 5.94. The second-order valence-corrected chi connectivity index (χ2v) is 10.7. The number of nitrogens with two attached hydrogens (primary N) is 1. The average molecular weight is 479 g/mol. The Morgan fingerprint density at radius 3 is 2.48 bits per heavy atom. The predicted molar refractivity (Wildman–Crippen MR) is 122 cm³/mol. The van der Waals surface area contributed by atoms with Gasteiger partial charge in [-0.3, -0.25) is 4.90 Å². The van der Waals surface area contributed by atoms with Gasteiger partial charge < -0.3 is 5.73 Å². The zero-order valence-electron chi connectivity index (χ0n) is 18.9. The molecule has 0 saturated heterocycles. The molecule has 0 radical (unpaired) electrons. The maximum Gasteiger partial charge on any atom is 0.451 e. The first-order valence-corrected chi connectivity index (χ1v) is 12.2. The molecule has 1 aromatic heterocycles. The highest BCUT2D eigenvalue weighted by molar-refractivity contribution is 6.30. The number of hydrogen-bond acceptors (Lipinski definition) is 4. The minimum atomic E-state index is -4.52. The molecule has 4 nitrogen and oxygen atoms in total. The van der Waals surface area contributed by atoms with Gasteiger partial charge in [0.1, 0.15) is 0 Å². The van der Waals surface area contributed by atoms with Crippen LogP contribution in [0.2, 0.25) is 5.02 Å². The van der Waals surface area contributed by atoms with Gasteiger partial charge in [0, 0.05) is 41.5 Å². The zero-order chi connectivity index (χ0) is 23.4. The third-order valence-corrected chi connectivity index (χ3v) is 8.43. The smallest absolute Gasteiger partial charge is 0.330 e. The van der Waals surface area contributed by atoms with Crippen molar-refractivity contribution in [3.8, 4) is 0 Å². The van der Waals surface area contributed by atoms with Crippen LogP contribution < -0.4 is 5.73 Å². The monoisotopic (exact) mass is 478 g/mol. The average Bonchev–Trinajstić information content (AvgIpc) is 3.63. The van der Waals surface area contributed by atoms with E-state index in [1.54, 1.807) is 0 Å². The fraction of sp³-hybridized carbons (Fsp3) is 0.600. The van der Waals surface area contributed by atoms with E-state index in [0.717, 1.165) is 50.6 Å². The Labute approximate surface area is 197 Å². The van der Waals surface area contributed by atoms with Crippen molar-refractivity contribution in [2.45, 2.75) is 81.5 Å². The van der Waals surface area contributed by atoms with Gasteiger partial charge in [-0.05, 0) is 75.1 Å².